The van der Waals surface area contributed by atoms with Crippen LogP contribution >= 0.6 is 0 Å². The highest BCUT2D eigenvalue weighted by molar-refractivity contribution is 5.86. The summed E-state index contributed by atoms with van der Waals surface area (Å²) in [5.74, 6) is -0.985. The number of likely N-dealkylation sites (tertiary alicyclic amines) is 1. The molecule has 21 heavy (non-hydrogen) atoms. The zero-order chi connectivity index (χ0) is 14.8. The van der Waals surface area contributed by atoms with Crippen molar-refractivity contribution < 1.29 is 14.7 Å². The largest absolute Gasteiger partial charge is 0.480 e. The van der Waals surface area contributed by atoms with Crippen molar-refractivity contribution in [3.8, 4) is 0 Å². The quantitative estimate of drug-likeness (QED) is 0.937. The van der Waals surface area contributed by atoms with Crippen LogP contribution in [0.2, 0.25) is 0 Å². The monoisotopic (exact) mass is 283 g/mol. The summed E-state index contributed by atoms with van der Waals surface area (Å²) in [6, 6.07) is 13.2. The summed E-state index contributed by atoms with van der Waals surface area (Å²) in [6.07, 6.45) is 1.56. The van der Waals surface area contributed by atoms with Crippen LogP contribution in [0.5, 0.6) is 0 Å². The Bertz CT molecular complexity index is 695. The van der Waals surface area contributed by atoms with Gasteiger partial charge in [0.1, 0.15) is 6.04 Å². The van der Waals surface area contributed by atoms with Crippen LogP contribution < -0.4 is 0 Å². The van der Waals surface area contributed by atoms with Crippen molar-refractivity contribution in [1.82, 2.24) is 4.90 Å². The predicted molar refractivity (Wildman–Crippen MR) is 80.0 cm³/mol. The Morgan fingerprint density at radius 2 is 1.95 bits per heavy atom. The van der Waals surface area contributed by atoms with Crippen molar-refractivity contribution in [2.45, 2.75) is 25.3 Å². The summed E-state index contributed by atoms with van der Waals surface area (Å²) >= 11 is 0. The van der Waals surface area contributed by atoms with Crippen LogP contribution in [0.1, 0.15) is 18.4 Å². The lowest BCUT2D eigenvalue weighted by atomic mass is 10.0. The third-order valence-electron chi connectivity index (χ3n) is 4.01. The molecule has 108 valence electrons. The van der Waals surface area contributed by atoms with Gasteiger partial charge < -0.3 is 10.0 Å². The van der Waals surface area contributed by atoms with Crippen molar-refractivity contribution >= 4 is 22.6 Å². The van der Waals surface area contributed by atoms with Gasteiger partial charge in [-0.25, -0.2) is 4.79 Å². The molecule has 3 rings (SSSR count). The maximum absolute atomic E-state index is 11.8. The molecule has 1 aliphatic rings. The van der Waals surface area contributed by atoms with Gasteiger partial charge in [0, 0.05) is 19.4 Å². The number of carboxylic acids is 1. The first-order chi connectivity index (χ1) is 10.1. The lowest BCUT2D eigenvalue weighted by molar-refractivity contribution is -0.148. The van der Waals surface area contributed by atoms with Crippen molar-refractivity contribution in [3.63, 3.8) is 0 Å². The van der Waals surface area contributed by atoms with E-state index in [0.717, 1.165) is 22.8 Å². The topological polar surface area (TPSA) is 57.6 Å². The number of amides is 1. The van der Waals surface area contributed by atoms with E-state index in [0.29, 0.717) is 19.4 Å². The van der Waals surface area contributed by atoms with E-state index >= 15 is 0 Å². The van der Waals surface area contributed by atoms with Crippen molar-refractivity contribution in [1.29, 1.82) is 0 Å². The molecule has 1 fully saturated rings. The number of rotatable bonds is 4. The highest BCUT2D eigenvalue weighted by atomic mass is 16.4. The SMILES string of the molecule is O=C(O)[C@@H](Cc1ccc2ccccc2c1)N1CCCC1=O. The molecule has 0 spiro atoms. The number of carbonyl (C=O) groups is 2. The summed E-state index contributed by atoms with van der Waals surface area (Å²) in [6.45, 7) is 0.545. The third-order valence-corrected chi connectivity index (χ3v) is 4.01. The second-order valence-corrected chi connectivity index (χ2v) is 5.43. The molecule has 1 N–H and O–H groups in total. The van der Waals surface area contributed by atoms with Gasteiger partial charge in [-0.15, -0.1) is 0 Å². The van der Waals surface area contributed by atoms with E-state index < -0.39 is 12.0 Å². The molecule has 2 aromatic carbocycles. The normalized spacial score (nSPS) is 16.4. The Balaban J connectivity index is 1.87. The molecular weight excluding hydrogens is 266 g/mol. The van der Waals surface area contributed by atoms with Gasteiger partial charge in [-0.1, -0.05) is 42.5 Å². The molecule has 0 saturated carbocycles. The number of hydrogen-bond acceptors (Lipinski definition) is 2. The predicted octanol–water partition coefficient (Wildman–Crippen LogP) is 2.46. The molecule has 4 nitrogen and oxygen atoms in total. The maximum atomic E-state index is 11.8. The molecule has 0 radical (unpaired) electrons. The van der Waals surface area contributed by atoms with Crippen LogP contribution in [0.15, 0.2) is 42.5 Å². The van der Waals surface area contributed by atoms with Gasteiger partial charge in [0.25, 0.3) is 0 Å². The zero-order valence-corrected chi connectivity index (χ0v) is 11.7. The molecule has 1 saturated heterocycles. The number of aliphatic carboxylic acids is 1. The lowest BCUT2D eigenvalue weighted by Crippen LogP contribution is -2.43. The van der Waals surface area contributed by atoms with Crippen LogP contribution in [-0.2, 0) is 16.0 Å². The molecule has 4 heteroatoms. The summed E-state index contributed by atoms with van der Waals surface area (Å²) in [4.78, 5) is 24.8. The minimum Gasteiger partial charge on any atom is -0.480 e. The minimum absolute atomic E-state index is 0.0526. The number of hydrogen-bond donors (Lipinski definition) is 1. The number of carbonyl (C=O) groups excluding carboxylic acids is 1. The van der Waals surface area contributed by atoms with E-state index in [1.165, 1.54) is 4.90 Å². The average molecular weight is 283 g/mol. The highest BCUT2D eigenvalue weighted by Gasteiger charge is 2.32. The van der Waals surface area contributed by atoms with Crippen molar-refractivity contribution in [3.05, 3.63) is 48.0 Å². The highest BCUT2D eigenvalue weighted by Crippen LogP contribution is 2.20. The van der Waals surface area contributed by atoms with Gasteiger partial charge in [-0.3, -0.25) is 4.79 Å². The summed E-state index contributed by atoms with van der Waals surface area (Å²) in [7, 11) is 0. The van der Waals surface area contributed by atoms with E-state index in [4.69, 9.17) is 0 Å². The van der Waals surface area contributed by atoms with Gasteiger partial charge in [-0.2, -0.15) is 0 Å². The first-order valence-corrected chi connectivity index (χ1v) is 7.15. The van der Waals surface area contributed by atoms with E-state index in [2.05, 4.69) is 0 Å². The minimum atomic E-state index is -0.932. The van der Waals surface area contributed by atoms with E-state index in [-0.39, 0.29) is 5.91 Å². The first kappa shape index (κ1) is 13.6. The van der Waals surface area contributed by atoms with Crippen molar-refractivity contribution in [2.75, 3.05) is 6.54 Å². The van der Waals surface area contributed by atoms with Gasteiger partial charge in [0.15, 0.2) is 0 Å². The zero-order valence-electron chi connectivity index (χ0n) is 11.7. The van der Waals surface area contributed by atoms with E-state index in [9.17, 15) is 14.7 Å². The van der Waals surface area contributed by atoms with Crippen LogP contribution in [0.25, 0.3) is 10.8 Å². The van der Waals surface area contributed by atoms with Gasteiger partial charge >= 0.3 is 5.97 Å². The molecule has 1 heterocycles. The Hall–Kier alpha value is -2.36. The summed E-state index contributed by atoms with van der Waals surface area (Å²) in [5, 5.41) is 11.7. The molecule has 1 atom stereocenters. The molecule has 2 aromatic rings. The Morgan fingerprint density at radius 1 is 1.19 bits per heavy atom. The molecule has 0 bridgehead atoms. The molecule has 1 amide bonds. The molecule has 0 unspecified atom stereocenters. The number of fused-ring (bicyclic) bond motifs is 1. The summed E-state index contributed by atoms with van der Waals surface area (Å²) < 4.78 is 0. The fourth-order valence-electron chi connectivity index (χ4n) is 2.92. The second kappa shape index (κ2) is 5.56. The smallest absolute Gasteiger partial charge is 0.326 e. The van der Waals surface area contributed by atoms with Gasteiger partial charge in [0.2, 0.25) is 5.91 Å². The Kier molecular flexibility index (Phi) is 3.60. The number of nitrogens with zero attached hydrogens (tertiary/aromatic N) is 1. The Morgan fingerprint density at radius 3 is 2.62 bits per heavy atom. The fraction of sp³-hybridized carbons (Fsp3) is 0.294. The maximum Gasteiger partial charge on any atom is 0.326 e. The number of benzene rings is 2. The first-order valence-electron chi connectivity index (χ1n) is 7.15. The van der Waals surface area contributed by atoms with E-state index in [1.54, 1.807) is 0 Å². The van der Waals surface area contributed by atoms with Gasteiger partial charge in [-0.05, 0) is 22.8 Å². The molecule has 0 aliphatic carbocycles. The molecule has 0 aromatic heterocycles. The molecule has 1 aliphatic heterocycles. The number of carboxylic acid groups (broad SMARTS) is 1. The van der Waals surface area contributed by atoms with Crippen molar-refractivity contribution in [2.24, 2.45) is 0 Å². The van der Waals surface area contributed by atoms with E-state index in [1.807, 2.05) is 42.5 Å². The Labute approximate surface area is 123 Å². The third kappa shape index (κ3) is 2.75. The fourth-order valence-corrected chi connectivity index (χ4v) is 2.92. The van der Waals surface area contributed by atoms with Gasteiger partial charge in [0.05, 0.1) is 0 Å². The van der Waals surface area contributed by atoms with Crippen LogP contribution in [0.4, 0.5) is 0 Å². The molecular formula is C17H17NO3. The summed E-state index contributed by atoms with van der Waals surface area (Å²) in [5.41, 5.74) is 0.945. The second-order valence-electron chi connectivity index (χ2n) is 5.43. The van der Waals surface area contributed by atoms with Crippen LogP contribution in [-0.4, -0.2) is 34.5 Å². The lowest BCUT2D eigenvalue weighted by Gasteiger charge is -2.24. The van der Waals surface area contributed by atoms with Crippen LogP contribution in [0, 0.1) is 0 Å². The standard InChI is InChI=1S/C17H17NO3/c19-16-6-3-9-18(16)15(17(20)21)11-12-7-8-13-4-1-2-5-14(13)10-12/h1-2,4-5,7-8,10,15H,3,6,9,11H2,(H,20,21)/t15-/m1/s1. The van der Waals surface area contributed by atoms with Crippen LogP contribution in [0.3, 0.4) is 0 Å². The average Bonchev–Trinajstić information content (AvgIpc) is 2.90.